The Morgan fingerprint density at radius 2 is 2.39 bits per heavy atom. The SMILES string of the molecule is CCNc1nccc(OCC2CCCCN2C)n1. The molecule has 1 aliphatic heterocycles. The molecule has 18 heavy (non-hydrogen) atoms. The number of hydrogen-bond donors (Lipinski definition) is 1. The zero-order chi connectivity index (χ0) is 12.8. The quantitative estimate of drug-likeness (QED) is 0.863. The van der Waals surface area contributed by atoms with Gasteiger partial charge in [0.05, 0.1) is 0 Å². The Bertz CT molecular complexity index is 372. The lowest BCUT2D eigenvalue weighted by Gasteiger charge is -2.31. The maximum absolute atomic E-state index is 5.77. The minimum atomic E-state index is 0.510. The van der Waals surface area contributed by atoms with Crippen molar-refractivity contribution in [2.45, 2.75) is 32.2 Å². The summed E-state index contributed by atoms with van der Waals surface area (Å²) in [5.74, 6) is 1.28. The van der Waals surface area contributed by atoms with Crippen LogP contribution in [0, 0.1) is 0 Å². The summed E-state index contributed by atoms with van der Waals surface area (Å²) < 4.78 is 5.77. The van der Waals surface area contributed by atoms with Gasteiger partial charge in [-0.05, 0) is 33.4 Å². The third kappa shape index (κ3) is 3.57. The van der Waals surface area contributed by atoms with Gasteiger partial charge >= 0.3 is 0 Å². The maximum Gasteiger partial charge on any atom is 0.225 e. The molecular weight excluding hydrogens is 228 g/mol. The van der Waals surface area contributed by atoms with Crippen LogP contribution < -0.4 is 10.1 Å². The van der Waals surface area contributed by atoms with E-state index in [9.17, 15) is 0 Å². The fraction of sp³-hybridized carbons (Fsp3) is 0.692. The Morgan fingerprint density at radius 1 is 1.50 bits per heavy atom. The van der Waals surface area contributed by atoms with Crippen LogP contribution >= 0.6 is 0 Å². The minimum Gasteiger partial charge on any atom is -0.476 e. The van der Waals surface area contributed by atoms with Crippen molar-refractivity contribution in [2.75, 3.05) is 32.1 Å². The van der Waals surface area contributed by atoms with Crippen LogP contribution in [0.4, 0.5) is 5.95 Å². The summed E-state index contributed by atoms with van der Waals surface area (Å²) in [5.41, 5.74) is 0. The monoisotopic (exact) mass is 250 g/mol. The molecule has 5 heteroatoms. The summed E-state index contributed by atoms with van der Waals surface area (Å²) in [6.07, 6.45) is 5.53. The maximum atomic E-state index is 5.77. The smallest absolute Gasteiger partial charge is 0.225 e. The number of anilines is 1. The molecule has 100 valence electrons. The van der Waals surface area contributed by atoms with E-state index >= 15 is 0 Å². The van der Waals surface area contributed by atoms with Crippen molar-refractivity contribution >= 4 is 5.95 Å². The number of ether oxygens (including phenoxy) is 1. The highest BCUT2D eigenvalue weighted by Crippen LogP contribution is 2.16. The van der Waals surface area contributed by atoms with E-state index in [0.717, 1.165) is 6.54 Å². The number of nitrogens with zero attached hydrogens (tertiary/aromatic N) is 3. The summed E-state index contributed by atoms with van der Waals surface area (Å²) in [4.78, 5) is 10.8. The van der Waals surface area contributed by atoms with E-state index in [-0.39, 0.29) is 0 Å². The van der Waals surface area contributed by atoms with Crippen molar-refractivity contribution in [2.24, 2.45) is 0 Å². The first-order chi connectivity index (χ1) is 8.79. The van der Waals surface area contributed by atoms with Crippen LogP contribution in [0.3, 0.4) is 0 Å². The van der Waals surface area contributed by atoms with Crippen molar-refractivity contribution in [3.05, 3.63) is 12.3 Å². The van der Waals surface area contributed by atoms with E-state index in [0.29, 0.717) is 24.5 Å². The molecular formula is C13H22N4O. The molecule has 0 aliphatic carbocycles. The van der Waals surface area contributed by atoms with Crippen molar-refractivity contribution in [3.63, 3.8) is 0 Å². The van der Waals surface area contributed by atoms with Crippen molar-refractivity contribution in [3.8, 4) is 5.88 Å². The van der Waals surface area contributed by atoms with Gasteiger partial charge in [-0.25, -0.2) is 4.98 Å². The van der Waals surface area contributed by atoms with E-state index < -0.39 is 0 Å². The van der Waals surface area contributed by atoms with Crippen molar-refractivity contribution in [1.82, 2.24) is 14.9 Å². The lowest BCUT2D eigenvalue weighted by atomic mass is 10.0. The standard InChI is InChI=1S/C13H22N4O/c1-3-14-13-15-8-7-12(16-13)18-10-11-6-4-5-9-17(11)2/h7-8,11H,3-6,9-10H2,1-2H3,(H,14,15,16). The number of likely N-dealkylation sites (N-methyl/N-ethyl adjacent to an activating group) is 1. The first-order valence-electron chi connectivity index (χ1n) is 6.69. The van der Waals surface area contributed by atoms with Gasteiger partial charge in [0.25, 0.3) is 0 Å². The van der Waals surface area contributed by atoms with Gasteiger partial charge in [-0.15, -0.1) is 0 Å². The van der Waals surface area contributed by atoms with Gasteiger partial charge in [-0.3, -0.25) is 0 Å². The summed E-state index contributed by atoms with van der Waals surface area (Å²) >= 11 is 0. The molecule has 0 radical (unpaired) electrons. The summed E-state index contributed by atoms with van der Waals surface area (Å²) in [6.45, 7) is 4.71. The van der Waals surface area contributed by atoms with E-state index in [2.05, 4.69) is 27.2 Å². The Hall–Kier alpha value is -1.36. The number of aromatic nitrogens is 2. The first kappa shape index (κ1) is 13.1. The highest BCUT2D eigenvalue weighted by molar-refractivity contribution is 5.26. The van der Waals surface area contributed by atoms with Crippen LogP contribution in [0.15, 0.2) is 12.3 Å². The average molecular weight is 250 g/mol. The predicted molar refractivity (Wildman–Crippen MR) is 72.0 cm³/mol. The van der Waals surface area contributed by atoms with E-state index in [1.165, 1.54) is 25.8 Å². The molecule has 1 aromatic rings. The highest BCUT2D eigenvalue weighted by Gasteiger charge is 2.19. The second kappa shape index (κ2) is 6.54. The lowest BCUT2D eigenvalue weighted by molar-refractivity contribution is 0.122. The third-order valence-electron chi connectivity index (χ3n) is 3.31. The molecule has 1 aliphatic rings. The molecule has 0 bridgehead atoms. The van der Waals surface area contributed by atoms with Gasteiger partial charge in [-0.1, -0.05) is 6.42 Å². The Labute approximate surface area is 109 Å². The van der Waals surface area contributed by atoms with Gasteiger partial charge in [0.1, 0.15) is 6.61 Å². The van der Waals surface area contributed by atoms with Crippen LogP contribution in [0.2, 0.25) is 0 Å². The number of nitrogens with one attached hydrogen (secondary N) is 1. The number of piperidine rings is 1. The van der Waals surface area contributed by atoms with Gasteiger partial charge in [0, 0.05) is 24.8 Å². The van der Waals surface area contributed by atoms with Gasteiger partial charge in [-0.2, -0.15) is 4.98 Å². The fourth-order valence-corrected chi connectivity index (χ4v) is 2.20. The van der Waals surface area contributed by atoms with Crippen LogP contribution in [-0.2, 0) is 0 Å². The Kier molecular flexibility index (Phi) is 4.75. The fourth-order valence-electron chi connectivity index (χ4n) is 2.20. The molecule has 2 heterocycles. The minimum absolute atomic E-state index is 0.510. The van der Waals surface area contributed by atoms with Crippen LogP contribution in [0.5, 0.6) is 5.88 Å². The molecule has 1 N–H and O–H groups in total. The molecule has 0 amide bonds. The van der Waals surface area contributed by atoms with E-state index in [4.69, 9.17) is 4.74 Å². The van der Waals surface area contributed by atoms with Crippen molar-refractivity contribution < 1.29 is 4.74 Å². The normalized spacial score (nSPS) is 20.7. The molecule has 0 spiro atoms. The zero-order valence-corrected chi connectivity index (χ0v) is 11.2. The van der Waals surface area contributed by atoms with Gasteiger partial charge in [0.2, 0.25) is 11.8 Å². The number of likely N-dealkylation sites (tertiary alicyclic amines) is 1. The van der Waals surface area contributed by atoms with E-state index in [1.54, 1.807) is 6.20 Å². The summed E-state index contributed by atoms with van der Waals surface area (Å²) in [5, 5.41) is 3.08. The molecule has 0 aromatic carbocycles. The molecule has 1 saturated heterocycles. The van der Waals surface area contributed by atoms with Crippen LogP contribution in [-0.4, -0.2) is 47.7 Å². The molecule has 2 rings (SSSR count). The molecule has 5 nitrogen and oxygen atoms in total. The molecule has 0 saturated carbocycles. The molecule has 1 atom stereocenters. The zero-order valence-electron chi connectivity index (χ0n) is 11.2. The summed E-state index contributed by atoms with van der Waals surface area (Å²) in [6, 6.07) is 2.32. The first-order valence-corrected chi connectivity index (χ1v) is 6.69. The third-order valence-corrected chi connectivity index (χ3v) is 3.31. The Morgan fingerprint density at radius 3 is 3.17 bits per heavy atom. The van der Waals surface area contributed by atoms with E-state index in [1.807, 2.05) is 13.0 Å². The number of rotatable bonds is 5. The molecule has 1 aromatic heterocycles. The van der Waals surface area contributed by atoms with Crippen molar-refractivity contribution in [1.29, 1.82) is 0 Å². The van der Waals surface area contributed by atoms with Gasteiger partial charge < -0.3 is 15.0 Å². The van der Waals surface area contributed by atoms with Crippen LogP contribution in [0.1, 0.15) is 26.2 Å². The Balaban J connectivity index is 1.87. The largest absolute Gasteiger partial charge is 0.476 e. The lowest BCUT2D eigenvalue weighted by Crippen LogP contribution is -2.40. The topological polar surface area (TPSA) is 50.3 Å². The predicted octanol–water partition coefficient (Wildman–Crippen LogP) is 1.77. The second-order valence-electron chi connectivity index (χ2n) is 4.69. The summed E-state index contributed by atoms with van der Waals surface area (Å²) in [7, 11) is 2.16. The molecule has 1 unspecified atom stereocenters. The van der Waals surface area contributed by atoms with Crippen LogP contribution in [0.25, 0.3) is 0 Å². The molecule has 1 fully saturated rings. The number of hydrogen-bond acceptors (Lipinski definition) is 5. The average Bonchev–Trinajstić information content (AvgIpc) is 2.39. The van der Waals surface area contributed by atoms with Gasteiger partial charge in [0.15, 0.2) is 0 Å². The highest BCUT2D eigenvalue weighted by atomic mass is 16.5. The second-order valence-corrected chi connectivity index (χ2v) is 4.69.